The molecular formula is C52H35N3. The monoisotopic (exact) mass is 701 g/mol. The maximum atomic E-state index is 9.52. The van der Waals surface area contributed by atoms with Crippen LogP contribution in [0.4, 0.5) is 0 Å². The van der Waals surface area contributed by atoms with E-state index >= 15 is 0 Å². The molecule has 11 rings (SSSR count). The van der Waals surface area contributed by atoms with Crippen LogP contribution in [-0.2, 0) is 5.41 Å². The van der Waals surface area contributed by atoms with Gasteiger partial charge in [0, 0.05) is 32.6 Å². The highest BCUT2D eigenvalue weighted by atomic mass is 15.0. The second-order valence-corrected chi connectivity index (χ2v) is 15.3. The quantitative estimate of drug-likeness (QED) is 0.180. The van der Waals surface area contributed by atoms with Crippen LogP contribution in [-0.4, -0.2) is 9.13 Å². The summed E-state index contributed by atoms with van der Waals surface area (Å²) in [4.78, 5) is 0. The van der Waals surface area contributed by atoms with E-state index in [1.54, 1.807) is 0 Å². The highest BCUT2D eigenvalue weighted by molar-refractivity contribution is 6.13. The number of fused-ring (bicyclic) bond motifs is 9. The number of aromatic nitrogens is 2. The molecule has 0 aliphatic heterocycles. The minimum atomic E-state index is -0.126. The molecule has 0 saturated carbocycles. The van der Waals surface area contributed by atoms with Gasteiger partial charge in [-0.3, -0.25) is 0 Å². The molecule has 0 spiro atoms. The summed E-state index contributed by atoms with van der Waals surface area (Å²) in [5.41, 5.74) is 17.5. The van der Waals surface area contributed by atoms with Crippen molar-refractivity contribution < 1.29 is 0 Å². The Bertz CT molecular complexity index is 3250. The molecule has 258 valence electrons. The van der Waals surface area contributed by atoms with Crippen LogP contribution in [0.1, 0.15) is 30.5 Å². The lowest BCUT2D eigenvalue weighted by molar-refractivity contribution is 0.656. The summed E-state index contributed by atoms with van der Waals surface area (Å²) in [7, 11) is 0. The van der Waals surface area contributed by atoms with Gasteiger partial charge in [0.2, 0.25) is 0 Å². The number of rotatable bonds is 4. The molecule has 0 N–H and O–H groups in total. The number of benzene rings is 8. The van der Waals surface area contributed by atoms with E-state index in [-0.39, 0.29) is 5.41 Å². The van der Waals surface area contributed by atoms with Crippen LogP contribution in [0.25, 0.3) is 88.4 Å². The molecule has 3 nitrogen and oxygen atoms in total. The van der Waals surface area contributed by atoms with Gasteiger partial charge in [-0.2, -0.15) is 5.26 Å². The largest absolute Gasteiger partial charge is 0.309 e. The average Bonchev–Trinajstić information content (AvgIpc) is 3.83. The molecule has 0 atom stereocenters. The first-order valence-corrected chi connectivity index (χ1v) is 18.9. The van der Waals surface area contributed by atoms with Crippen LogP contribution in [0.5, 0.6) is 0 Å². The predicted octanol–water partition coefficient (Wildman–Crippen LogP) is 13.4. The summed E-state index contributed by atoms with van der Waals surface area (Å²) in [6.45, 7) is 4.73. The van der Waals surface area contributed by atoms with Gasteiger partial charge in [0.25, 0.3) is 0 Å². The molecule has 2 heterocycles. The zero-order valence-corrected chi connectivity index (χ0v) is 30.6. The van der Waals surface area contributed by atoms with E-state index in [9.17, 15) is 5.26 Å². The fourth-order valence-electron chi connectivity index (χ4n) is 9.44. The van der Waals surface area contributed by atoms with Crippen molar-refractivity contribution in [1.82, 2.24) is 9.13 Å². The van der Waals surface area contributed by atoms with Crippen molar-refractivity contribution in [3.63, 3.8) is 0 Å². The van der Waals surface area contributed by atoms with Crippen LogP contribution in [0.3, 0.4) is 0 Å². The normalized spacial score (nSPS) is 13.0. The van der Waals surface area contributed by atoms with E-state index in [1.165, 1.54) is 71.6 Å². The zero-order valence-electron chi connectivity index (χ0n) is 30.6. The lowest BCUT2D eigenvalue weighted by atomic mass is 9.81. The van der Waals surface area contributed by atoms with Gasteiger partial charge < -0.3 is 9.13 Å². The number of hydrogen-bond acceptors (Lipinski definition) is 1. The van der Waals surface area contributed by atoms with Crippen LogP contribution in [0, 0.1) is 11.3 Å². The third-order valence-electron chi connectivity index (χ3n) is 11.9. The van der Waals surface area contributed by atoms with Crippen molar-refractivity contribution in [2.24, 2.45) is 0 Å². The summed E-state index contributed by atoms with van der Waals surface area (Å²) < 4.78 is 4.85. The van der Waals surface area contributed by atoms with Crippen LogP contribution < -0.4 is 0 Å². The fourth-order valence-corrected chi connectivity index (χ4v) is 9.44. The number of hydrogen-bond donors (Lipinski definition) is 0. The molecule has 0 amide bonds. The molecular weight excluding hydrogens is 667 g/mol. The first-order chi connectivity index (χ1) is 27.0. The van der Waals surface area contributed by atoms with Crippen LogP contribution in [0.2, 0.25) is 0 Å². The standard InChI is InChI=1S/C52H35N3/c1-52(2)45-20-6-3-16-39(45)42-19-11-23-50(51(42)52)55-47-22-8-5-18-41(47)44-31-37(25-27-49(44)55)36-24-26-48-43(30-36)40-17-4-7-21-46(40)54(48)38-15-10-14-35(29-38)34-13-9-12-33(28-34)32-53/h3-31H,1-2H3. The maximum Gasteiger partial charge on any atom is 0.0991 e. The molecule has 3 heteroatoms. The molecule has 55 heavy (non-hydrogen) atoms. The van der Waals surface area contributed by atoms with Gasteiger partial charge in [-0.1, -0.05) is 123 Å². The van der Waals surface area contributed by atoms with Crippen molar-refractivity contribution in [3.8, 4) is 50.8 Å². The summed E-state index contributed by atoms with van der Waals surface area (Å²) in [6.07, 6.45) is 0. The minimum Gasteiger partial charge on any atom is -0.309 e. The molecule has 0 bridgehead atoms. The summed E-state index contributed by atoms with van der Waals surface area (Å²) in [5.74, 6) is 0. The summed E-state index contributed by atoms with van der Waals surface area (Å²) >= 11 is 0. The highest BCUT2D eigenvalue weighted by Gasteiger charge is 2.38. The number of para-hydroxylation sites is 2. The van der Waals surface area contributed by atoms with Gasteiger partial charge in [-0.15, -0.1) is 0 Å². The summed E-state index contributed by atoms with van der Waals surface area (Å²) in [6, 6.07) is 65.8. The smallest absolute Gasteiger partial charge is 0.0991 e. The Morgan fingerprint density at radius 2 is 0.982 bits per heavy atom. The van der Waals surface area contributed by atoms with E-state index in [0.717, 1.165) is 27.8 Å². The molecule has 10 aromatic rings. The van der Waals surface area contributed by atoms with Crippen molar-refractivity contribution in [1.29, 1.82) is 5.26 Å². The lowest BCUT2D eigenvalue weighted by Gasteiger charge is -2.25. The zero-order chi connectivity index (χ0) is 36.8. The van der Waals surface area contributed by atoms with E-state index in [2.05, 4.69) is 187 Å². The average molecular weight is 702 g/mol. The Kier molecular flexibility index (Phi) is 6.66. The Morgan fingerprint density at radius 1 is 0.436 bits per heavy atom. The molecule has 2 aromatic heterocycles. The molecule has 0 fully saturated rings. The number of nitriles is 1. The Labute approximate surface area is 319 Å². The van der Waals surface area contributed by atoms with E-state index < -0.39 is 0 Å². The first-order valence-electron chi connectivity index (χ1n) is 18.9. The Hall–Kier alpha value is -7.15. The van der Waals surface area contributed by atoms with Gasteiger partial charge >= 0.3 is 0 Å². The van der Waals surface area contributed by atoms with Crippen molar-refractivity contribution in [3.05, 3.63) is 193 Å². The highest BCUT2D eigenvalue weighted by Crippen LogP contribution is 2.52. The van der Waals surface area contributed by atoms with Gasteiger partial charge in [0.15, 0.2) is 0 Å². The van der Waals surface area contributed by atoms with Gasteiger partial charge in [-0.05, 0) is 111 Å². The topological polar surface area (TPSA) is 33.6 Å². The second kappa shape index (κ2) is 11.7. The fraction of sp³-hybridized carbons (Fsp3) is 0.0577. The third-order valence-corrected chi connectivity index (χ3v) is 11.9. The Morgan fingerprint density at radius 3 is 1.71 bits per heavy atom. The first kappa shape index (κ1) is 31.4. The predicted molar refractivity (Wildman–Crippen MR) is 228 cm³/mol. The maximum absolute atomic E-state index is 9.52. The van der Waals surface area contributed by atoms with Crippen molar-refractivity contribution in [2.75, 3.05) is 0 Å². The van der Waals surface area contributed by atoms with Gasteiger partial charge in [0.1, 0.15) is 0 Å². The molecule has 8 aromatic carbocycles. The van der Waals surface area contributed by atoms with Gasteiger partial charge in [-0.25, -0.2) is 0 Å². The van der Waals surface area contributed by atoms with Crippen molar-refractivity contribution >= 4 is 43.6 Å². The van der Waals surface area contributed by atoms with Crippen LogP contribution >= 0.6 is 0 Å². The van der Waals surface area contributed by atoms with Crippen LogP contribution in [0.15, 0.2) is 176 Å². The molecule has 1 aliphatic carbocycles. The van der Waals surface area contributed by atoms with Crippen molar-refractivity contribution in [2.45, 2.75) is 19.3 Å². The molecule has 0 radical (unpaired) electrons. The molecule has 1 aliphatic rings. The Balaban J connectivity index is 1.07. The second-order valence-electron chi connectivity index (χ2n) is 15.3. The summed E-state index contributed by atoms with van der Waals surface area (Å²) in [5, 5.41) is 14.5. The van der Waals surface area contributed by atoms with Gasteiger partial charge in [0.05, 0.1) is 39.4 Å². The molecule has 0 unspecified atom stereocenters. The van der Waals surface area contributed by atoms with E-state index in [4.69, 9.17) is 0 Å². The lowest BCUT2D eigenvalue weighted by Crippen LogP contribution is -2.17. The molecule has 0 saturated heterocycles. The number of nitrogens with zero attached hydrogens (tertiary/aromatic N) is 3. The third kappa shape index (κ3) is 4.55. The minimum absolute atomic E-state index is 0.126. The van der Waals surface area contributed by atoms with E-state index in [1.807, 2.05) is 18.2 Å². The SMILES string of the molecule is CC1(C)c2ccccc2-c2cccc(-n3c4ccccc4c4cc(-c5ccc6c(c5)c5ccccc5n6-c5cccc(-c6cccc(C#N)c6)c5)ccc43)c21. The van der Waals surface area contributed by atoms with E-state index in [0.29, 0.717) is 5.56 Å².